The summed E-state index contributed by atoms with van der Waals surface area (Å²) < 4.78 is 11.6. The molecule has 0 aliphatic carbocycles. The van der Waals surface area contributed by atoms with Crippen molar-refractivity contribution >= 4 is 17.5 Å². The van der Waals surface area contributed by atoms with Crippen molar-refractivity contribution in [3.8, 4) is 0 Å². The number of anilines is 1. The van der Waals surface area contributed by atoms with Crippen LogP contribution in [0.2, 0.25) is 0 Å². The lowest BCUT2D eigenvalue weighted by Gasteiger charge is -2.04. The first-order chi connectivity index (χ1) is 11.1. The average molecular weight is 314 g/mol. The van der Waals surface area contributed by atoms with E-state index >= 15 is 0 Å². The van der Waals surface area contributed by atoms with Crippen LogP contribution in [0.15, 0.2) is 51.8 Å². The highest BCUT2D eigenvalue weighted by molar-refractivity contribution is 6.06. The molecule has 0 fully saturated rings. The van der Waals surface area contributed by atoms with Gasteiger partial charge in [-0.05, 0) is 24.3 Å². The lowest BCUT2D eigenvalue weighted by Crippen LogP contribution is -2.25. The summed E-state index contributed by atoms with van der Waals surface area (Å²) in [6.07, 6.45) is 4.47. The second-order valence-corrected chi connectivity index (χ2v) is 4.76. The maximum atomic E-state index is 12.2. The quantitative estimate of drug-likeness (QED) is 0.747. The molecule has 3 rings (SSSR count). The molecule has 0 aliphatic heterocycles. The third-order valence-corrected chi connectivity index (χ3v) is 3.04. The van der Waals surface area contributed by atoms with Crippen LogP contribution >= 0.6 is 0 Å². The SMILES string of the molecule is Cn1cc(NC(=O)c2ccco2)c(C(=O)NCc2ccco2)n1. The molecule has 8 nitrogen and oxygen atoms in total. The highest BCUT2D eigenvalue weighted by atomic mass is 16.3. The number of furan rings is 2. The molecule has 3 heterocycles. The Morgan fingerprint density at radius 1 is 1.17 bits per heavy atom. The summed E-state index contributed by atoms with van der Waals surface area (Å²) in [5, 5.41) is 9.36. The van der Waals surface area contributed by atoms with Crippen molar-refractivity contribution in [1.82, 2.24) is 15.1 Å². The van der Waals surface area contributed by atoms with Gasteiger partial charge in [-0.2, -0.15) is 5.10 Å². The second kappa shape index (κ2) is 6.22. The Morgan fingerprint density at radius 2 is 1.96 bits per heavy atom. The van der Waals surface area contributed by atoms with E-state index in [0.717, 1.165) is 0 Å². The third-order valence-electron chi connectivity index (χ3n) is 3.04. The third kappa shape index (κ3) is 3.31. The molecule has 0 radical (unpaired) electrons. The minimum atomic E-state index is -0.455. The fourth-order valence-electron chi connectivity index (χ4n) is 2.00. The van der Waals surface area contributed by atoms with E-state index in [1.165, 1.54) is 23.3 Å². The van der Waals surface area contributed by atoms with Gasteiger partial charge in [0, 0.05) is 13.2 Å². The van der Waals surface area contributed by atoms with Gasteiger partial charge >= 0.3 is 0 Å². The molecule has 0 aromatic carbocycles. The highest BCUT2D eigenvalue weighted by Gasteiger charge is 2.19. The summed E-state index contributed by atoms with van der Waals surface area (Å²) in [7, 11) is 1.66. The molecule has 118 valence electrons. The Labute approximate surface area is 131 Å². The molecule has 2 N–H and O–H groups in total. The topological polar surface area (TPSA) is 102 Å². The average Bonchev–Trinajstić information content (AvgIpc) is 3.26. The lowest BCUT2D eigenvalue weighted by atomic mass is 10.3. The Kier molecular flexibility index (Phi) is 3.96. The molecule has 3 aromatic rings. The number of nitrogens with zero attached hydrogens (tertiary/aromatic N) is 2. The number of hydrogen-bond donors (Lipinski definition) is 2. The molecule has 23 heavy (non-hydrogen) atoms. The summed E-state index contributed by atoms with van der Waals surface area (Å²) in [5.41, 5.74) is 0.407. The number of hydrogen-bond acceptors (Lipinski definition) is 5. The lowest BCUT2D eigenvalue weighted by molar-refractivity contribution is 0.0943. The van der Waals surface area contributed by atoms with Crippen LogP contribution in [0.5, 0.6) is 0 Å². The minimum absolute atomic E-state index is 0.110. The van der Waals surface area contributed by atoms with Crippen molar-refractivity contribution in [2.45, 2.75) is 6.54 Å². The van der Waals surface area contributed by atoms with Gasteiger partial charge in [-0.15, -0.1) is 0 Å². The van der Waals surface area contributed by atoms with Crippen LogP contribution in [0.1, 0.15) is 26.8 Å². The van der Waals surface area contributed by atoms with Gasteiger partial charge in [0.2, 0.25) is 0 Å². The Hall–Kier alpha value is -3.29. The van der Waals surface area contributed by atoms with E-state index < -0.39 is 11.8 Å². The molecule has 2 amide bonds. The molecular formula is C15H14N4O4. The number of aromatic nitrogens is 2. The molecule has 0 bridgehead atoms. The molecule has 0 unspecified atom stereocenters. The molecule has 8 heteroatoms. The van der Waals surface area contributed by atoms with Crippen molar-refractivity contribution in [1.29, 1.82) is 0 Å². The highest BCUT2D eigenvalue weighted by Crippen LogP contribution is 2.15. The van der Waals surface area contributed by atoms with Crippen molar-refractivity contribution in [3.05, 3.63) is 60.2 Å². The maximum absolute atomic E-state index is 12.2. The predicted molar refractivity (Wildman–Crippen MR) is 79.7 cm³/mol. The van der Waals surface area contributed by atoms with Gasteiger partial charge in [-0.3, -0.25) is 14.3 Å². The van der Waals surface area contributed by atoms with E-state index in [9.17, 15) is 9.59 Å². The summed E-state index contributed by atoms with van der Waals surface area (Å²) in [6, 6.07) is 6.62. The summed E-state index contributed by atoms with van der Waals surface area (Å²) >= 11 is 0. The number of amides is 2. The van der Waals surface area contributed by atoms with Crippen LogP contribution in [0.4, 0.5) is 5.69 Å². The van der Waals surface area contributed by atoms with E-state index in [2.05, 4.69) is 15.7 Å². The molecular weight excluding hydrogens is 300 g/mol. The van der Waals surface area contributed by atoms with Gasteiger partial charge in [0.15, 0.2) is 11.5 Å². The first-order valence-electron chi connectivity index (χ1n) is 6.82. The van der Waals surface area contributed by atoms with E-state index in [4.69, 9.17) is 8.83 Å². The van der Waals surface area contributed by atoms with Crippen LogP contribution in [-0.2, 0) is 13.6 Å². The minimum Gasteiger partial charge on any atom is -0.467 e. The van der Waals surface area contributed by atoms with Gasteiger partial charge < -0.3 is 19.5 Å². The molecule has 0 saturated heterocycles. The Balaban J connectivity index is 1.72. The largest absolute Gasteiger partial charge is 0.467 e. The molecule has 0 atom stereocenters. The summed E-state index contributed by atoms with van der Waals surface area (Å²) in [5.74, 6) is -0.105. The Morgan fingerprint density at radius 3 is 2.65 bits per heavy atom. The van der Waals surface area contributed by atoms with Crippen molar-refractivity contribution in [2.75, 3.05) is 5.32 Å². The predicted octanol–water partition coefficient (Wildman–Crippen LogP) is 1.79. The van der Waals surface area contributed by atoms with E-state index in [-0.39, 0.29) is 18.0 Å². The van der Waals surface area contributed by atoms with Gasteiger partial charge in [0.25, 0.3) is 11.8 Å². The van der Waals surface area contributed by atoms with E-state index in [1.54, 1.807) is 31.4 Å². The van der Waals surface area contributed by atoms with Crippen molar-refractivity contribution in [2.24, 2.45) is 7.05 Å². The van der Waals surface area contributed by atoms with E-state index in [1.807, 2.05) is 0 Å². The fraction of sp³-hybridized carbons (Fsp3) is 0.133. The van der Waals surface area contributed by atoms with Crippen LogP contribution in [0.25, 0.3) is 0 Å². The zero-order valence-corrected chi connectivity index (χ0v) is 12.3. The molecule has 0 spiro atoms. The number of nitrogens with one attached hydrogen (secondary N) is 2. The van der Waals surface area contributed by atoms with Gasteiger partial charge in [0.05, 0.1) is 24.8 Å². The van der Waals surface area contributed by atoms with Crippen LogP contribution < -0.4 is 10.6 Å². The first kappa shape index (κ1) is 14.6. The van der Waals surface area contributed by atoms with Gasteiger partial charge in [0.1, 0.15) is 5.76 Å². The normalized spacial score (nSPS) is 10.5. The maximum Gasteiger partial charge on any atom is 0.291 e. The fourth-order valence-corrected chi connectivity index (χ4v) is 2.00. The summed E-state index contributed by atoms with van der Waals surface area (Å²) in [4.78, 5) is 24.3. The molecule has 0 saturated carbocycles. The second-order valence-electron chi connectivity index (χ2n) is 4.76. The first-order valence-corrected chi connectivity index (χ1v) is 6.82. The molecule has 3 aromatic heterocycles. The molecule has 0 aliphatic rings. The number of rotatable bonds is 5. The number of carbonyl (C=O) groups is 2. The monoisotopic (exact) mass is 314 g/mol. The van der Waals surface area contributed by atoms with Crippen LogP contribution in [0, 0.1) is 0 Å². The number of aryl methyl sites for hydroxylation is 1. The number of carbonyl (C=O) groups excluding carboxylic acids is 2. The van der Waals surface area contributed by atoms with Crippen LogP contribution in [0.3, 0.4) is 0 Å². The van der Waals surface area contributed by atoms with Crippen molar-refractivity contribution in [3.63, 3.8) is 0 Å². The smallest absolute Gasteiger partial charge is 0.291 e. The zero-order chi connectivity index (χ0) is 16.2. The Bertz CT molecular complexity index is 803. The van der Waals surface area contributed by atoms with Gasteiger partial charge in [-0.25, -0.2) is 0 Å². The van der Waals surface area contributed by atoms with Gasteiger partial charge in [-0.1, -0.05) is 0 Å². The summed E-state index contributed by atoms with van der Waals surface area (Å²) in [6.45, 7) is 0.230. The van der Waals surface area contributed by atoms with E-state index in [0.29, 0.717) is 11.4 Å². The zero-order valence-electron chi connectivity index (χ0n) is 12.3. The van der Waals surface area contributed by atoms with Crippen LogP contribution in [-0.4, -0.2) is 21.6 Å². The standard InChI is InChI=1S/C15H14N4O4/c1-19-9-11(17-14(20)12-5-3-7-23-12)13(18-19)15(21)16-8-10-4-2-6-22-10/h2-7,9H,8H2,1H3,(H,16,21)(H,17,20). The van der Waals surface area contributed by atoms with Crippen molar-refractivity contribution < 1.29 is 18.4 Å².